The highest BCUT2D eigenvalue weighted by atomic mass is 32.2. The molecule has 0 amide bonds. The molecule has 4 aliphatic heterocycles. The van der Waals surface area contributed by atoms with Crippen LogP contribution in [0.5, 0.6) is 0 Å². The molecule has 116 valence electrons. The molecular weight excluding hydrogens is 284 g/mol. The van der Waals surface area contributed by atoms with E-state index in [4.69, 9.17) is 14.7 Å². The highest BCUT2D eigenvalue weighted by Gasteiger charge is 2.62. The Bertz CT molecular complexity index is 514. The molecule has 0 bridgehead atoms. The van der Waals surface area contributed by atoms with Crippen molar-refractivity contribution >= 4 is 22.6 Å². The summed E-state index contributed by atoms with van der Waals surface area (Å²) >= 11 is 1.96. The van der Waals surface area contributed by atoms with Crippen LogP contribution in [0.3, 0.4) is 0 Å². The summed E-state index contributed by atoms with van der Waals surface area (Å²) in [6.07, 6.45) is 1.03. The van der Waals surface area contributed by atoms with Crippen molar-refractivity contribution in [3.05, 3.63) is 0 Å². The summed E-state index contributed by atoms with van der Waals surface area (Å²) in [6.45, 7) is 10.1. The fraction of sp³-hybridized carbons (Fsp3) is 0.867. The second kappa shape index (κ2) is 4.70. The first-order valence-corrected chi connectivity index (χ1v) is 8.87. The van der Waals surface area contributed by atoms with Crippen LogP contribution in [0.1, 0.15) is 27.2 Å². The smallest absolute Gasteiger partial charge is 0.122 e. The van der Waals surface area contributed by atoms with Crippen LogP contribution < -0.4 is 10.6 Å². The molecule has 21 heavy (non-hydrogen) atoms. The fourth-order valence-electron chi connectivity index (χ4n) is 3.70. The zero-order chi connectivity index (χ0) is 14.7. The molecule has 2 fully saturated rings. The predicted octanol–water partition coefficient (Wildman–Crippen LogP) is 1.05. The highest BCUT2D eigenvalue weighted by Crippen LogP contribution is 2.48. The molecule has 4 heterocycles. The van der Waals surface area contributed by atoms with Gasteiger partial charge in [0.1, 0.15) is 11.1 Å². The minimum atomic E-state index is 0.0111. The van der Waals surface area contributed by atoms with Crippen LogP contribution in [-0.2, 0) is 4.74 Å². The number of rotatable bonds is 3. The lowest BCUT2D eigenvalue weighted by molar-refractivity contribution is -0.0621. The molecule has 4 rings (SSSR count). The van der Waals surface area contributed by atoms with Gasteiger partial charge in [-0.3, -0.25) is 9.98 Å². The number of nitrogens with zero attached hydrogens (tertiary/aromatic N) is 2. The van der Waals surface area contributed by atoms with E-state index in [0.717, 1.165) is 32.7 Å². The summed E-state index contributed by atoms with van der Waals surface area (Å²) in [6, 6.07) is 0.406. The second-order valence-corrected chi connectivity index (χ2v) is 8.18. The topological polar surface area (TPSA) is 58.0 Å². The number of ether oxygens (including phenoxy) is 1. The van der Waals surface area contributed by atoms with Crippen molar-refractivity contribution in [1.82, 2.24) is 10.6 Å². The van der Waals surface area contributed by atoms with Crippen molar-refractivity contribution in [3.63, 3.8) is 0 Å². The highest BCUT2D eigenvalue weighted by molar-refractivity contribution is 8.14. The van der Waals surface area contributed by atoms with E-state index in [2.05, 4.69) is 31.4 Å². The second-order valence-electron chi connectivity index (χ2n) is 6.96. The van der Waals surface area contributed by atoms with E-state index in [1.165, 1.54) is 10.9 Å². The average molecular weight is 308 g/mol. The standard InChI is InChI=1S/C15H24N4OS/c1-4-10-18-15(7-20-8-15)12(21-10)11-14(5-16-11)6-17-13(19-14)9(2)3/h9,11-12,16H,4-8H2,1-3H3,(H,17,19). The first-order chi connectivity index (χ1) is 10.1. The first kappa shape index (κ1) is 14.0. The Kier molecular flexibility index (Phi) is 3.14. The van der Waals surface area contributed by atoms with E-state index >= 15 is 0 Å². The van der Waals surface area contributed by atoms with Gasteiger partial charge < -0.3 is 15.4 Å². The van der Waals surface area contributed by atoms with Crippen molar-refractivity contribution in [1.29, 1.82) is 0 Å². The molecule has 2 saturated heterocycles. The van der Waals surface area contributed by atoms with E-state index in [-0.39, 0.29) is 11.1 Å². The molecular formula is C15H24N4OS. The molecule has 2 spiro atoms. The summed E-state index contributed by atoms with van der Waals surface area (Å²) < 4.78 is 5.51. The average Bonchev–Trinajstić information content (AvgIpc) is 3.00. The van der Waals surface area contributed by atoms with Gasteiger partial charge in [-0.1, -0.05) is 20.8 Å². The molecule has 3 atom stereocenters. The van der Waals surface area contributed by atoms with E-state index in [0.29, 0.717) is 17.2 Å². The zero-order valence-electron chi connectivity index (χ0n) is 13.0. The summed E-state index contributed by atoms with van der Waals surface area (Å²) in [5, 5.41) is 8.92. The molecule has 0 aromatic carbocycles. The molecule has 0 aromatic rings. The van der Waals surface area contributed by atoms with E-state index in [9.17, 15) is 0 Å². The number of hydrogen-bond acceptors (Lipinski definition) is 6. The summed E-state index contributed by atoms with van der Waals surface area (Å²) in [5.41, 5.74) is 0.0514. The molecule has 2 N–H and O–H groups in total. The third-order valence-electron chi connectivity index (χ3n) is 5.12. The molecule has 5 nitrogen and oxygen atoms in total. The van der Waals surface area contributed by atoms with Gasteiger partial charge in [0.2, 0.25) is 0 Å². The van der Waals surface area contributed by atoms with Crippen LogP contribution in [0.2, 0.25) is 0 Å². The Morgan fingerprint density at radius 3 is 2.57 bits per heavy atom. The van der Waals surface area contributed by atoms with Crippen LogP contribution in [0.15, 0.2) is 9.98 Å². The molecule has 4 aliphatic rings. The Labute approximate surface area is 130 Å². The van der Waals surface area contributed by atoms with Gasteiger partial charge in [0.25, 0.3) is 0 Å². The van der Waals surface area contributed by atoms with Crippen molar-refractivity contribution < 1.29 is 4.74 Å². The maximum Gasteiger partial charge on any atom is 0.122 e. The van der Waals surface area contributed by atoms with Gasteiger partial charge in [-0.15, -0.1) is 11.8 Å². The van der Waals surface area contributed by atoms with Gasteiger partial charge in [-0.25, -0.2) is 0 Å². The van der Waals surface area contributed by atoms with Gasteiger partial charge in [-0.05, 0) is 6.42 Å². The normalized spacial score (nSPS) is 40.0. The number of hydrogen-bond donors (Lipinski definition) is 2. The molecule has 0 aliphatic carbocycles. The molecule has 3 unspecified atom stereocenters. The van der Waals surface area contributed by atoms with Gasteiger partial charge in [0.15, 0.2) is 0 Å². The summed E-state index contributed by atoms with van der Waals surface area (Å²) in [4.78, 5) is 10.0. The van der Waals surface area contributed by atoms with Gasteiger partial charge in [-0.2, -0.15) is 0 Å². The molecule has 0 saturated carbocycles. The number of thioether (sulfide) groups is 1. The van der Waals surface area contributed by atoms with Crippen molar-refractivity contribution in [3.8, 4) is 0 Å². The Hall–Kier alpha value is -0.590. The van der Waals surface area contributed by atoms with Crippen LogP contribution in [0.25, 0.3) is 0 Å². The lowest BCUT2D eigenvalue weighted by Crippen LogP contribution is -2.76. The lowest BCUT2D eigenvalue weighted by atomic mass is 9.74. The fourth-order valence-corrected chi connectivity index (χ4v) is 5.28. The zero-order valence-corrected chi connectivity index (χ0v) is 13.8. The molecule has 6 heteroatoms. The van der Waals surface area contributed by atoms with E-state index < -0.39 is 0 Å². The van der Waals surface area contributed by atoms with E-state index in [1.807, 2.05) is 11.8 Å². The lowest BCUT2D eigenvalue weighted by Gasteiger charge is -2.53. The van der Waals surface area contributed by atoms with Gasteiger partial charge in [0.05, 0.1) is 35.4 Å². The largest absolute Gasteiger partial charge is 0.376 e. The quantitative estimate of drug-likeness (QED) is 0.818. The van der Waals surface area contributed by atoms with Crippen molar-refractivity contribution in [2.75, 3.05) is 26.3 Å². The number of amidine groups is 1. The van der Waals surface area contributed by atoms with Crippen LogP contribution in [-0.4, -0.2) is 59.6 Å². The van der Waals surface area contributed by atoms with Gasteiger partial charge in [0, 0.05) is 19.0 Å². The Morgan fingerprint density at radius 1 is 1.29 bits per heavy atom. The Morgan fingerprint density at radius 2 is 2.10 bits per heavy atom. The predicted molar refractivity (Wildman–Crippen MR) is 87.5 cm³/mol. The third kappa shape index (κ3) is 1.92. The van der Waals surface area contributed by atoms with Crippen LogP contribution in [0, 0.1) is 5.92 Å². The van der Waals surface area contributed by atoms with Gasteiger partial charge >= 0.3 is 0 Å². The molecule has 0 radical (unpaired) electrons. The summed E-state index contributed by atoms with van der Waals surface area (Å²) in [7, 11) is 0. The maximum absolute atomic E-state index is 5.51. The monoisotopic (exact) mass is 308 g/mol. The number of aliphatic imine (C=N–C) groups is 2. The number of nitrogens with one attached hydrogen (secondary N) is 2. The van der Waals surface area contributed by atoms with Crippen LogP contribution >= 0.6 is 11.8 Å². The van der Waals surface area contributed by atoms with Crippen molar-refractivity contribution in [2.24, 2.45) is 15.9 Å². The maximum atomic E-state index is 5.51. The van der Waals surface area contributed by atoms with Crippen LogP contribution in [0.4, 0.5) is 0 Å². The molecule has 0 aromatic heterocycles. The van der Waals surface area contributed by atoms with E-state index in [1.54, 1.807) is 0 Å². The Balaban J connectivity index is 1.58. The SMILES string of the molecule is CCC1=NC2(COC2)C(C2NCC23CNC(C(C)C)=N3)S1. The third-order valence-corrected chi connectivity index (χ3v) is 6.74. The summed E-state index contributed by atoms with van der Waals surface area (Å²) in [5.74, 6) is 1.64. The van der Waals surface area contributed by atoms with Crippen molar-refractivity contribution in [2.45, 2.75) is 49.6 Å². The minimum Gasteiger partial charge on any atom is -0.376 e. The minimum absolute atomic E-state index is 0.0111. The first-order valence-electron chi connectivity index (χ1n) is 7.99.